The number of phenols is 1. The van der Waals surface area contributed by atoms with Gasteiger partial charge in [-0.05, 0) is 75.6 Å². The van der Waals surface area contributed by atoms with Gasteiger partial charge in [-0.1, -0.05) is 37.5 Å². The normalized spacial score (nSPS) is 18.0. The van der Waals surface area contributed by atoms with E-state index in [4.69, 9.17) is 0 Å². The van der Waals surface area contributed by atoms with Gasteiger partial charge in [-0.3, -0.25) is 0 Å². The van der Waals surface area contributed by atoms with Gasteiger partial charge < -0.3 is 15.1 Å². The molecule has 0 amide bonds. The number of aliphatic hydroxyl groups is 1. The number of nitrogens with zero attached hydrogens (tertiary/aromatic N) is 1. The molecule has 0 aromatic heterocycles. The average molecular weight is 360 g/mol. The zero-order chi connectivity index (χ0) is 18.8. The monoisotopic (exact) mass is 359 g/mol. The summed E-state index contributed by atoms with van der Waals surface area (Å²) in [6.07, 6.45) is 12.1. The van der Waals surface area contributed by atoms with Crippen LogP contribution in [-0.2, 0) is 6.42 Å². The van der Waals surface area contributed by atoms with E-state index in [0.29, 0.717) is 17.7 Å². The molecule has 1 aromatic rings. The predicted molar refractivity (Wildman–Crippen MR) is 109 cm³/mol. The summed E-state index contributed by atoms with van der Waals surface area (Å²) in [7, 11) is 0. The maximum absolute atomic E-state index is 10.5. The van der Waals surface area contributed by atoms with Crippen molar-refractivity contribution in [3.05, 3.63) is 42.5 Å². The Labute approximate surface area is 159 Å². The number of aromatic hydroxyl groups is 1. The van der Waals surface area contributed by atoms with Crippen molar-refractivity contribution in [1.82, 2.24) is 4.90 Å². The summed E-state index contributed by atoms with van der Waals surface area (Å²) < 4.78 is 0. The summed E-state index contributed by atoms with van der Waals surface area (Å²) >= 11 is 0. The second kappa shape index (κ2) is 11.4. The highest BCUT2D eigenvalue weighted by Gasteiger charge is 2.22. The smallest absolute Gasteiger partial charge is 0.115 e. The van der Waals surface area contributed by atoms with Gasteiger partial charge in [0.2, 0.25) is 0 Å². The topological polar surface area (TPSA) is 43.7 Å². The minimum absolute atomic E-state index is 0.121. The molecule has 0 spiro atoms. The van der Waals surface area contributed by atoms with Crippen LogP contribution in [0, 0.1) is 5.92 Å². The number of hydrogen-bond acceptors (Lipinski definition) is 3. The van der Waals surface area contributed by atoms with Crippen molar-refractivity contribution in [2.24, 2.45) is 5.92 Å². The van der Waals surface area contributed by atoms with Crippen molar-refractivity contribution in [2.45, 2.75) is 76.9 Å². The zero-order valence-corrected chi connectivity index (χ0v) is 16.4. The van der Waals surface area contributed by atoms with Gasteiger partial charge in [0, 0.05) is 12.6 Å². The summed E-state index contributed by atoms with van der Waals surface area (Å²) in [6.45, 7) is 8.17. The van der Waals surface area contributed by atoms with Crippen LogP contribution in [0.3, 0.4) is 0 Å². The Morgan fingerprint density at radius 1 is 1.15 bits per heavy atom. The third-order valence-electron chi connectivity index (χ3n) is 5.85. The Balaban J connectivity index is 1.80. The van der Waals surface area contributed by atoms with Crippen LogP contribution < -0.4 is 0 Å². The molecule has 0 heterocycles. The molecule has 2 unspecified atom stereocenters. The molecule has 0 aliphatic heterocycles. The Morgan fingerprint density at radius 2 is 1.85 bits per heavy atom. The van der Waals surface area contributed by atoms with Crippen LogP contribution in [0.15, 0.2) is 36.9 Å². The zero-order valence-electron chi connectivity index (χ0n) is 16.4. The molecule has 1 fully saturated rings. The van der Waals surface area contributed by atoms with Crippen LogP contribution in [0.5, 0.6) is 5.75 Å². The third kappa shape index (κ3) is 7.13. The number of rotatable bonds is 11. The molecule has 3 heteroatoms. The lowest BCUT2D eigenvalue weighted by molar-refractivity contribution is 0.0705. The van der Waals surface area contributed by atoms with Crippen LogP contribution in [0.2, 0.25) is 0 Å². The Bertz CT molecular complexity index is 507. The van der Waals surface area contributed by atoms with Gasteiger partial charge in [-0.2, -0.15) is 0 Å². The lowest BCUT2D eigenvalue weighted by Gasteiger charge is -2.31. The van der Waals surface area contributed by atoms with Crippen LogP contribution in [-0.4, -0.2) is 40.3 Å². The van der Waals surface area contributed by atoms with Crippen LogP contribution in [0.4, 0.5) is 0 Å². The molecule has 146 valence electrons. The molecule has 1 aromatic carbocycles. The van der Waals surface area contributed by atoms with Gasteiger partial charge in [-0.15, -0.1) is 6.58 Å². The van der Waals surface area contributed by atoms with Crippen molar-refractivity contribution < 1.29 is 10.2 Å². The highest BCUT2D eigenvalue weighted by Crippen LogP contribution is 2.28. The summed E-state index contributed by atoms with van der Waals surface area (Å²) in [4.78, 5) is 2.52. The van der Waals surface area contributed by atoms with Crippen LogP contribution in [0.25, 0.3) is 0 Å². The minimum Gasteiger partial charge on any atom is -0.508 e. The second-order valence-electron chi connectivity index (χ2n) is 7.94. The van der Waals surface area contributed by atoms with E-state index in [0.717, 1.165) is 38.8 Å². The molecule has 0 saturated heterocycles. The first-order chi connectivity index (χ1) is 12.6. The highest BCUT2D eigenvalue weighted by molar-refractivity contribution is 5.26. The molecular formula is C23H37NO2. The first-order valence-corrected chi connectivity index (χ1v) is 10.4. The van der Waals surface area contributed by atoms with Crippen molar-refractivity contribution in [3.8, 4) is 5.75 Å². The van der Waals surface area contributed by atoms with Crippen molar-refractivity contribution in [3.63, 3.8) is 0 Å². The van der Waals surface area contributed by atoms with Crippen LogP contribution >= 0.6 is 0 Å². The summed E-state index contributed by atoms with van der Waals surface area (Å²) in [6, 6.07) is 7.97. The summed E-state index contributed by atoms with van der Waals surface area (Å²) in [5.74, 6) is 0.849. The molecule has 0 bridgehead atoms. The Kier molecular flexibility index (Phi) is 9.21. The largest absolute Gasteiger partial charge is 0.508 e. The van der Waals surface area contributed by atoms with E-state index in [1.54, 1.807) is 12.1 Å². The molecule has 1 saturated carbocycles. The summed E-state index contributed by atoms with van der Waals surface area (Å²) in [5.41, 5.74) is 1.25. The van der Waals surface area contributed by atoms with Gasteiger partial charge >= 0.3 is 0 Å². The number of aliphatic hydroxyl groups excluding tert-OH is 1. The maximum Gasteiger partial charge on any atom is 0.115 e. The van der Waals surface area contributed by atoms with E-state index >= 15 is 0 Å². The number of phenolic OH excluding ortho intramolecular Hbond substituents is 1. The van der Waals surface area contributed by atoms with Gasteiger partial charge in [-0.25, -0.2) is 0 Å². The molecular weight excluding hydrogens is 322 g/mol. The maximum atomic E-state index is 10.5. The molecule has 0 radical (unpaired) electrons. The number of hydrogen-bond donors (Lipinski definition) is 2. The van der Waals surface area contributed by atoms with Crippen LogP contribution in [0.1, 0.15) is 63.9 Å². The van der Waals surface area contributed by atoms with E-state index in [1.807, 2.05) is 18.2 Å². The minimum atomic E-state index is -0.121. The third-order valence-corrected chi connectivity index (χ3v) is 5.85. The first-order valence-electron chi connectivity index (χ1n) is 10.4. The first kappa shape index (κ1) is 21.0. The standard InChI is InChI=1S/C23H37NO2/c1-3-4-16-24(19(2)18-20-12-14-22(25)15-13-20)17-8-11-23(26)21-9-6-5-7-10-21/h3,12-15,19,21,23,25-26H,1,4-11,16-18H2,2H3. The lowest BCUT2D eigenvalue weighted by atomic mass is 9.84. The fourth-order valence-corrected chi connectivity index (χ4v) is 4.17. The quantitative estimate of drug-likeness (QED) is 0.551. The molecule has 2 rings (SSSR count). The van der Waals surface area contributed by atoms with Crippen molar-refractivity contribution >= 4 is 0 Å². The highest BCUT2D eigenvalue weighted by atomic mass is 16.3. The fourth-order valence-electron chi connectivity index (χ4n) is 4.17. The lowest BCUT2D eigenvalue weighted by Crippen LogP contribution is -2.36. The molecule has 26 heavy (non-hydrogen) atoms. The van der Waals surface area contributed by atoms with Gasteiger partial charge in [0.1, 0.15) is 5.75 Å². The molecule has 3 nitrogen and oxygen atoms in total. The number of benzene rings is 1. The van der Waals surface area contributed by atoms with E-state index in [9.17, 15) is 10.2 Å². The Morgan fingerprint density at radius 3 is 2.50 bits per heavy atom. The van der Waals surface area contributed by atoms with E-state index < -0.39 is 0 Å². The molecule has 2 N–H and O–H groups in total. The second-order valence-corrected chi connectivity index (χ2v) is 7.94. The molecule has 2 atom stereocenters. The van der Waals surface area contributed by atoms with E-state index in [2.05, 4.69) is 18.4 Å². The van der Waals surface area contributed by atoms with Crippen molar-refractivity contribution in [2.75, 3.05) is 13.1 Å². The Hall–Kier alpha value is -1.32. The van der Waals surface area contributed by atoms with Gasteiger partial charge in [0.15, 0.2) is 0 Å². The van der Waals surface area contributed by atoms with Crippen molar-refractivity contribution in [1.29, 1.82) is 0 Å². The molecule has 1 aliphatic carbocycles. The SMILES string of the molecule is C=CCCN(CCCC(O)C1CCCCC1)C(C)Cc1ccc(O)cc1. The van der Waals surface area contributed by atoms with Gasteiger partial charge in [0.05, 0.1) is 6.10 Å². The van der Waals surface area contributed by atoms with Gasteiger partial charge in [0.25, 0.3) is 0 Å². The average Bonchev–Trinajstić information content (AvgIpc) is 2.66. The van der Waals surface area contributed by atoms with E-state index in [1.165, 1.54) is 37.7 Å². The van der Waals surface area contributed by atoms with E-state index in [-0.39, 0.29) is 6.10 Å². The predicted octanol–water partition coefficient (Wildman–Crippen LogP) is 4.92. The molecule has 1 aliphatic rings. The fraction of sp³-hybridized carbons (Fsp3) is 0.652. The summed E-state index contributed by atoms with van der Waals surface area (Å²) in [5, 5.41) is 20.0.